The predicted octanol–water partition coefficient (Wildman–Crippen LogP) is 4.34. The fourth-order valence-electron chi connectivity index (χ4n) is 4.16. The zero-order chi connectivity index (χ0) is 26.2. The Bertz CT molecular complexity index is 1360. The summed E-state index contributed by atoms with van der Waals surface area (Å²) in [5.74, 6) is 1.27. The van der Waals surface area contributed by atoms with E-state index in [4.69, 9.17) is 49.6 Å². The van der Waals surface area contributed by atoms with E-state index in [0.29, 0.717) is 68.4 Å². The summed E-state index contributed by atoms with van der Waals surface area (Å²) < 4.78 is 11.6. The number of nitrogens with one attached hydrogen (secondary N) is 1. The number of nitrogen functional groups attached to an aromatic ring is 1. The monoisotopic (exact) mass is 525 g/mol. The number of benzene rings is 1. The lowest BCUT2D eigenvalue weighted by molar-refractivity contribution is 0.216. The van der Waals surface area contributed by atoms with E-state index in [1.807, 2.05) is 11.8 Å². The smallest absolute Gasteiger partial charge is 0.162 e. The van der Waals surface area contributed by atoms with Crippen molar-refractivity contribution >= 4 is 40.4 Å². The zero-order valence-corrected chi connectivity index (χ0v) is 21.5. The number of aromatic nitrogens is 2. The number of ether oxygens (including phenoxy) is 2. The van der Waals surface area contributed by atoms with Crippen LogP contribution in [0, 0.1) is 16.7 Å². The largest absolute Gasteiger partial charge is 0.493 e. The number of hydrogen-bond acceptors (Lipinski definition) is 9. The number of halogens is 2. The van der Waals surface area contributed by atoms with Crippen LogP contribution in [0.4, 0.5) is 11.5 Å². The zero-order valence-electron chi connectivity index (χ0n) is 20.0. The first-order valence-corrected chi connectivity index (χ1v) is 11.8. The van der Waals surface area contributed by atoms with Gasteiger partial charge in [-0.25, -0.2) is 4.98 Å². The molecule has 2 aromatic heterocycles. The molecule has 0 aliphatic carbocycles. The average molecular weight is 526 g/mol. The van der Waals surface area contributed by atoms with Gasteiger partial charge in [0.1, 0.15) is 18.0 Å². The van der Waals surface area contributed by atoms with Crippen LogP contribution in [0.25, 0.3) is 0 Å². The van der Waals surface area contributed by atoms with E-state index in [2.05, 4.69) is 16.0 Å². The lowest BCUT2D eigenvalue weighted by atomic mass is 9.93. The summed E-state index contributed by atoms with van der Waals surface area (Å²) in [7, 11) is 1.49. The molecule has 1 atom stereocenters. The van der Waals surface area contributed by atoms with Crippen molar-refractivity contribution in [1.82, 2.24) is 9.97 Å². The normalized spacial score (nSPS) is 15.0. The minimum atomic E-state index is -0.552. The molecule has 0 unspecified atom stereocenters. The van der Waals surface area contributed by atoms with E-state index >= 15 is 0 Å². The molecule has 5 N–H and O–H groups in total. The van der Waals surface area contributed by atoms with Crippen LogP contribution in [0.3, 0.4) is 0 Å². The first kappa shape index (κ1) is 25.5. The van der Waals surface area contributed by atoms with E-state index in [1.54, 1.807) is 31.3 Å². The maximum atomic E-state index is 9.71. The van der Waals surface area contributed by atoms with Gasteiger partial charge >= 0.3 is 0 Å². The minimum absolute atomic E-state index is 0.0791. The molecule has 36 heavy (non-hydrogen) atoms. The van der Waals surface area contributed by atoms with E-state index in [0.717, 1.165) is 0 Å². The molecule has 1 aromatic carbocycles. The molecule has 1 aliphatic rings. The summed E-state index contributed by atoms with van der Waals surface area (Å²) >= 11 is 12.6. The fraction of sp³-hybridized carbons (Fsp3) is 0.280. The van der Waals surface area contributed by atoms with E-state index in [-0.39, 0.29) is 11.3 Å². The SMILES string of the molecule is COc1cc(N)c(C(=N)c2cnc(N3CC(C)(N)C3)c(C#N)c2)cc1O[C@H](C)c1c(Cl)cncc1Cl. The second kappa shape index (κ2) is 9.82. The van der Waals surface area contributed by atoms with Gasteiger partial charge in [0.15, 0.2) is 11.5 Å². The number of anilines is 2. The maximum Gasteiger partial charge on any atom is 0.162 e. The van der Waals surface area contributed by atoms with Crippen molar-refractivity contribution in [3.05, 3.63) is 69.1 Å². The molecule has 1 fully saturated rings. The molecule has 0 saturated carbocycles. The van der Waals surface area contributed by atoms with Crippen molar-refractivity contribution in [2.75, 3.05) is 30.8 Å². The Balaban J connectivity index is 1.66. The van der Waals surface area contributed by atoms with Gasteiger partial charge < -0.3 is 25.8 Å². The molecule has 3 aromatic rings. The molecular formula is C25H25Cl2N7O2. The minimum Gasteiger partial charge on any atom is -0.493 e. The summed E-state index contributed by atoms with van der Waals surface area (Å²) in [5, 5.41) is 19.3. The molecule has 4 rings (SSSR count). The molecule has 0 spiro atoms. The Kier molecular flexibility index (Phi) is 6.96. The summed E-state index contributed by atoms with van der Waals surface area (Å²) in [6, 6.07) is 6.99. The van der Waals surface area contributed by atoms with Crippen LogP contribution >= 0.6 is 23.2 Å². The van der Waals surface area contributed by atoms with Crippen molar-refractivity contribution in [1.29, 1.82) is 10.7 Å². The van der Waals surface area contributed by atoms with Gasteiger partial charge in [0.25, 0.3) is 0 Å². The lowest BCUT2D eigenvalue weighted by Crippen LogP contribution is -2.66. The average Bonchev–Trinajstić information content (AvgIpc) is 2.82. The van der Waals surface area contributed by atoms with Crippen LogP contribution in [0.2, 0.25) is 10.0 Å². The number of nitrogens with zero attached hydrogens (tertiary/aromatic N) is 4. The van der Waals surface area contributed by atoms with Crippen LogP contribution in [0.1, 0.15) is 42.2 Å². The van der Waals surface area contributed by atoms with Crippen molar-refractivity contribution in [2.24, 2.45) is 5.73 Å². The third kappa shape index (κ3) is 4.88. The van der Waals surface area contributed by atoms with Crippen LogP contribution in [-0.4, -0.2) is 41.4 Å². The second-order valence-corrected chi connectivity index (χ2v) is 9.77. The number of nitrogens with two attached hydrogens (primary N) is 2. The number of nitriles is 1. The summed E-state index contributed by atoms with van der Waals surface area (Å²) in [5.41, 5.74) is 14.2. The highest BCUT2D eigenvalue weighted by atomic mass is 35.5. The second-order valence-electron chi connectivity index (χ2n) is 8.96. The van der Waals surface area contributed by atoms with Crippen molar-refractivity contribution < 1.29 is 9.47 Å². The van der Waals surface area contributed by atoms with Crippen LogP contribution in [0.5, 0.6) is 11.5 Å². The highest BCUT2D eigenvalue weighted by Crippen LogP contribution is 2.39. The van der Waals surface area contributed by atoms with Gasteiger partial charge in [-0.05, 0) is 26.0 Å². The molecule has 1 aliphatic heterocycles. The Morgan fingerprint density at radius 1 is 1.19 bits per heavy atom. The van der Waals surface area contributed by atoms with Gasteiger partial charge in [-0.3, -0.25) is 10.4 Å². The van der Waals surface area contributed by atoms with E-state index in [1.165, 1.54) is 19.5 Å². The van der Waals surface area contributed by atoms with Gasteiger partial charge in [-0.15, -0.1) is 0 Å². The Labute approximate surface area is 219 Å². The van der Waals surface area contributed by atoms with Gasteiger partial charge in [0, 0.05) is 65.7 Å². The molecule has 11 heteroatoms. The molecule has 0 amide bonds. The summed E-state index contributed by atoms with van der Waals surface area (Å²) in [6.45, 7) is 4.93. The molecular weight excluding hydrogens is 501 g/mol. The third-order valence-electron chi connectivity index (χ3n) is 5.89. The highest BCUT2D eigenvalue weighted by molar-refractivity contribution is 6.35. The number of rotatable bonds is 7. The first-order valence-electron chi connectivity index (χ1n) is 11.0. The van der Waals surface area contributed by atoms with Gasteiger partial charge in [-0.1, -0.05) is 23.2 Å². The topological polar surface area (TPSA) is 147 Å². The van der Waals surface area contributed by atoms with Crippen molar-refractivity contribution in [3.8, 4) is 17.6 Å². The first-order chi connectivity index (χ1) is 17.0. The molecule has 0 bridgehead atoms. The highest BCUT2D eigenvalue weighted by Gasteiger charge is 2.36. The Morgan fingerprint density at radius 3 is 2.44 bits per heavy atom. The number of methoxy groups -OCH3 is 1. The van der Waals surface area contributed by atoms with Crippen LogP contribution in [-0.2, 0) is 0 Å². The molecule has 9 nitrogen and oxygen atoms in total. The predicted molar refractivity (Wildman–Crippen MR) is 140 cm³/mol. The summed E-state index contributed by atoms with van der Waals surface area (Å²) in [4.78, 5) is 10.4. The fourth-order valence-corrected chi connectivity index (χ4v) is 4.83. The molecule has 3 heterocycles. The van der Waals surface area contributed by atoms with Gasteiger partial charge in [-0.2, -0.15) is 5.26 Å². The lowest BCUT2D eigenvalue weighted by Gasteiger charge is -2.46. The third-order valence-corrected chi connectivity index (χ3v) is 6.49. The van der Waals surface area contributed by atoms with E-state index < -0.39 is 6.10 Å². The van der Waals surface area contributed by atoms with Gasteiger partial charge in [0.2, 0.25) is 0 Å². The Morgan fingerprint density at radius 2 is 1.86 bits per heavy atom. The number of pyridine rings is 2. The quantitative estimate of drug-likeness (QED) is 0.304. The Hall–Kier alpha value is -3.58. The van der Waals surface area contributed by atoms with E-state index in [9.17, 15) is 5.26 Å². The summed E-state index contributed by atoms with van der Waals surface area (Å²) in [6.07, 6.45) is 3.97. The molecule has 1 saturated heterocycles. The van der Waals surface area contributed by atoms with Crippen LogP contribution in [0.15, 0.2) is 36.8 Å². The van der Waals surface area contributed by atoms with Crippen molar-refractivity contribution in [2.45, 2.75) is 25.5 Å². The van der Waals surface area contributed by atoms with Gasteiger partial charge in [0.05, 0.1) is 28.4 Å². The standard InChI is InChI=1S/C25H25Cl2N7O2/c1-13(22-17(26)9-32-10-18(22)27)36-21-5-16(19(29)6-20(21)35-3)23(30)15-4-14(7-28)24(33-8-15)34-11-25(2,31)12-34/h4-6,8-10,13,30H,11-12,29,31H2,1-3H3/t13-/m1/s1. The number of hydrogen-bond donors (Lipinski definition) is 3. The molecule has 186 valence electrons. The maximum absolute atomic E-state index is 9.71. The molecule has 0 radical (unpaired) electrons. The van der Waals surface area contributed by atoms with Crippen LogP contribution < -0.4 is 25.8 Å². The van der Waals surface area contributed by atoms with Crippen molar-refractivity contribution in [3.63, 3.8) is 0 Å².